The molecule has 4 saturated carbocycles. The molecule has 5 aliphatic carbocycles. The Labute approximate surface area is 191 Å². The van der Waals surface area contributed by atoms with Gasteiger partial charge in [0.1, 0.15) is 0 Å². The maximum Gasteiger partial charge on any atom is 0.0716 e. The SMILES string of the molecule is C[C@H]1[C@H](C)CC[C@]2(O)CC[C@]3(C)C(=CC[C@@H]4[C@@]5(C)CC[C@H](O)C(C)(C)[C@@H]5CC[C@]43C)[C@H]12. The zero-order valence-corrected chi connectivity index (χ0v) is 21.3. The second-order valence-corrected chi connectivity index (χ2v) is 14.1. The van der Waals surface area contributed by atoms with Crippen molar-refractivity contribution < 1.29 is 10.2 Å². The molecule has 0 radical (unpaired) electrons. The van der Waals surface area contributed by atoms with Gasteiger partial charge in [0.05, 0.1) is 11.7 Å². The van der Waals surface area contributed by atoms with Crippen LogP contribution in [0.3, 0.4) is 0 Å². The Balaban J connectivity index is 1.59. The minimum atomic E-state index is -0.474. The summed E-state index contributed by atoms with van der Waals surface area (Å²) >= 11 is 0. The first-order valence-corrected chi connectivity index (χ1v) is 13.4. The summed E-state index contributed by atoms with van der Waals surface area (Å²) < 4.78 is 0. The minimum Gasteiger partial charge on any atom is -0.393 e. The molecule has 0 unspecified atom stereocenters. The van der Waals surface area contributed by atoms with E-state index >= 15 is 0 Å². The van der Waals surface area contributed by atoms with Crippen molar-refractivity contribution in [3.63, 3.8) is 0 Å². The molecule has 176 valence electrons. The zero-order valence-electron chi connectivity index (χ0n) is 21.3. The Bertz CT molecular complexity index is 784. The normalized spacial score (nSPS) is 58.3. The van der Waals surface area contributed by atoms with Gasteiger partial charge in [0.15, 0.2) is 0 Å². The van der Waals surface area contributed by atoms with Gasteiger partial charge in [0.2, 0.25) is 0 Å². The van der Waals surface area contributed by atoms with Crippen LogP contribution in [0.15, 0.2) is 11.6 Å². The average molecular weight is 429 g/mol. The number of fused-ring (bicyclic) bond motifs is 7. The van der Waals surface area contributed by atoms with E-state index in [9.17, 15) is 10.2 Å². The van der Waals surface area contributed by atoms with Gasteiger partial charge in [0.25, 0.3) is 0 Å². The van der Waals surface area contributed by atoms with E-state index in [0.29, 0.717) is 40.4 Å². The fraction of sp³-hybridized carbons (Fsp3) is 0.931. The highest BCUT2D eigenvalue weighted by Crippen LogP contribution is 2.74. The fourth-order valence-corrected chi connectivity index (χ4v) is 10.5. The summed E-state index contributed by atoms with van der Waals surface area (Å²) in [5, 5.41) is 22.6. The van der Waals surface area contributed by atoms with Crippen LogP contribution in [0, 0.1) is 51.2 Å². The Morgan fingerprint density at radius 3 is 2.26 bits per heavy atom. The molecule has 10 atom stereocenters. The third kappa shape index (κ3) is 2.64. The minimum absolute atomic E-state index is 0.0133. The second-order valence-electron chi connectivity index (χ2n) is 14.1. The van der Waals surface area contributed by atoms with Gasteiger partial charge in [-0.25, -0.2) is 0 Å². The van der Waals surface area contributed by atoms with Crippen LogP contribution in [0.5, 0.6) is 0 Å². The van der Waals surface area contributed by atoms with Crippen molar-refractivity contribution in [2.75, 3.05) is 0 Å². The molecule has 0 bridgehead atoms. The molecular formula is C29H48O2. The van der Waals surface area contributed by atoms with Crippen molar-refractivity contribution in [1.82, 2.24) is 0 Å². The van der Waals surface area contributed by atoms with Crippen molar-refractivity contribution in [3.8, 4) is 0 Å². The van der Waals surface area contributed by atoms with E-state index in [1.807, 2.05) is 0 Å². The number of allylic oxidation sites excluding steroid dienone is 1. The first-order chi connectivity index (χ1) is 14.3. The Kier molecular flexibility index (Phi) is 4.80. The van der Waals surface area contributed by atoms with Crippen LogP contribution >= 0.6 is 0 Å². The fourth-order valence-electron chi connectivity index (χ4n) is 10.5. The lowest BCUT2D eigenvalue weighted by Gasteiger charge is -2.71. The molecule has 31 heavy (non-hydrogen) atoms. The van der Waals surface area contributed by atoms with E-state index in [1.54, 1.807) is 5.57 Å². The summed E-state index contributed by atoms with van der Waals surface area (Å²) in [6, 6.07) is 0. The highest BCUT2D eigenvalue weighted by atomic mass is 16.3. The molecule has 0 aromatic heterocycles. The molecule has 5 aliphatic rings. The molecule has 4 fully saturated rings. The molecule has 0 spiro atoms. The summed E-state index contributed by atoms with van der Waals surface area (Å²) in [4.78, 5) is 0. The van der Waals surface area contributed by atoms with Crippen LogP contribution in [0.4, 0.5) is 0 Å². The molecule has 2 nitrogen and oxygen atoms in total. The number of aliphatic hydroxyl groups excluding tert-OH is 1. The van der Waals surface area contributed by atoms with Crippen LogP contribution in [-0.2, 0) is 0 Å². The maximum atomic E-state index is 11.8. The molecular weight excluding hydrogens is 380 g/mol. The highest BCUT2D eigenvalue weighted by molar-refractivity contribution is 5.34. The van der Waals surface area contributed by atoms with Crippen LogP contribution in [-0.4, -0.2) is 21.9 Å². The Morgan fingerprint density at radius 1 is 0.839 bits per heavy atom. The lowest BCUT2D eigenvalue weighted by molar-refractivity contribution is -0.209. The van der Waals surface area contributed by atoms with Crippen molar-refractivity contribution in [2.24, 2.45) is 51.2 Å². The van der Waals surface area contributed by atoms with E-state index < -0.39 is 5.60 Å². The molecule has 0 aromatic rings. The zero-order chi connectivity index (χ0) is 22.6. The topological polar surface area (TPSA) is 40.5 Å². The van der Waals surface area contributed by atoms with Crippen LogP contribution in [0.2, 0.25) is 0 Å². The van der Waals surface area contributed by atoms with Crippen molar-refractivity contribution in [2.45, 2.75) is 118 Å². The molecule has 2 heteroatoms. The third-order valence-corrected chi connectivity index (χ3v) is 12.9. The molecule has 2 N–H and O–H groups in total. The van der Waals surface area contributed by atoms with E-state index in [-0.39, 0.29) is 16.9 Å². The van der Waals surface area contributed by atoms with Crippen molar-refractivity contribution in [1.29, 1.82) is 0 Å². The number of hydrogen-bond acceptors (Lipinski definition) is 2. The molecule has 0 aromatic carbocycles. The quantitative estimate of drug-likeness (QED) is 0.419. The van der Waals surface area contributed by atoms with Gasteiger partial charge in [0, 0.05) is 5.92 Å². The predicted molar refractivity (Wildman–Crippen MR) is 127 cm³/mol. The number of rotatable bonds is 0. The highest BCUT2D eigenvalue weighted by Gasteiger charge is 2.68. The van der Waals surface area contributed by atoms with E-state index in [2.05, 4.69) is 54.5 Å². The van der Waals surface area contributed by atoms with Crippen molar-refractivity contribution >= 4 is 0 Å². The van der Waals surface area contributed by atoms with E-state index in [4.69, 9.17) is 0 Å². The Morgan fingerprint density at radius 2 is 1.55 bits per heavy atom. The standard InChI is InChI=1S/C29H48O2/c1-18-10-15-29(31)17-16-27(6)20(24(29)19(18)2)8-9-22-26(5)13-12-23(30)25(3,4)21(26)11-14-28(22,27)7/h8,18-19,21-24,30-31H,9-17H2,1-7H3/t18-,19+,21+,22-,23+,24+,26+,27-,28-,29+/m1/s1. The largest absolute Gasteiger partial charge is 0.393 e. The predicted octanol–water partition coefficient (Wildman–Crippen LogP) is 6.75. The molecule has 5 rings (SSSR count). The van der Waals surface area contributed by atoms with Crippen LogP contribution in [0.1, 0.15) is 106 Å². The number of aliphatic hydroxyl groups is 2. The smallest absolute Gasteiger partial charge is 0.0716 e. The lowest BCUT2D eigenvalue weighted by Crippen LogP contribution is -2.65. The van der Waals surface area contributed by atoms with Gasteiger partial charge in [-0.2, -0.15) is 0 Å². The molecule has 0 saturated heterocycles. The van der Waals surface area contributed by atoms with E-state index in [1.165, 1.54) is 32.1 Å². The summed E-state index contributed by atoms with van der Waals surface area (Å²) in [5.41, 5.74) is 1.98. The van der Waals surface area contributed by atoms with Gasteiger partial charge >= 0.3 is 0 Å². The van der Waals surface area contributed by atoms with Gasteiger partial charge in [-0.05, 0) is 103 Å². The molecule has 0 aliphatic heterocycles. The molecule has 0 amide bonds. The summed E-state index contributed by atoms with van der Waals surface area (Å²) in [5.74, 6) is 2.91. The van der Waals surface area contributed by atoms with Crippen molar-refractivity contribution in [3.05, 3.63) is 11.6 Å². The Hall–Kier alpha value is -0.340. The maximum absolute atomic E-state index is 11.8. The monoisotopic (exact) mass is 428 g/mol. The summed E-state index contributed by atoms with van der Waals surface area (Å²) in [6.45, 7) is 17.3. The summed E-state index contributed by atoms with van der Waals surface area (Å²) in [7, 11) is 0. The average Bonchev–Trinajstić information content (AvgIpc) is 2.69. The van der Waals surface area contributed by atoms with Gasteiger partial charge in [-0.1, -0.05) is 60.1 Å². The van der Waals surface area contributed by atoms with Crippen LogP contribution in [0.25, 0.3) is 0 Å². The second kappa shape index (κ2) is 6.62. The van der Waals surface area contributed by atoms with Gasteiger partial charge in [-0.3, -0.25) is 0 Å². The van der Waals surface area contributed by atoms with Gasteiger partial charge < -0.3 is 10.2 Å². The van der Waals surface area contributed by atoms with Crippen LogP contribution < -0.4 is 0 Å². The third-order valence-electron chi connectivity index (χ3n) is 12.9. The van der Waals surface area contributed by atoms with Gasteiger partial charge in [-0.15, -0.1) is 0 Å². The first-order valence-electron chi connectivity index (χ1n) is 13.4. The first kappa shape index (κ1) is 22.5. The lowest BCUT2D eigenvalue weighted by atomic mass is 9.34. The number of hydrogen-bond donors (Lipinski definition) is 2. The summed E-state index contributed by atoms with van der Waals surface area (Å²) in [6.07, 6.45) is 12.6. The molecule has 0 heterocycles. The van der Waals surface area contributed by atoms with E-state index in [0.717, 1.165) is 25.7 Å².